The predicted molar refractivity (Wildman–Crippen MR) is 61.3 cm³/mol. The van der Waals surface area contributed by atoms with Gasteiger partial charge in [0.05, 0.1) is 14.2 Å². The maximum absolute atomic E-state index is 11.7. The largest absolute Gasteiger partial charge is 0.468 e. The van der Waals surface area contributed by atoms with Gasteiger partial charge in [-0.2, -0.15) is 0 Å². The summed E-state index contributed by atoms with van der Waals surface area (Å²) in [5.74, 6) is -4.29. The van der Waals surface area contributed by atoms with E-state index in [-0.39, 0.29) is 0 Å². The number of hydrogen-bond donors (Lipinski definition) is 1. The number of carbonyl (C=O) groups excluding carboxylic acids is 3. The molecule has 0 bridgehead atoms. The highest BCUT2D eigenvalue weighted by atomic mass is 16.6. The minimum atomic E-state index is -1.53. The standard InChI is InChI=1S/C11H19NO6/c1-11(2,3)18-10(15)7(12)6(8(13)16-4)9(14)17-5/h6-7H,12H2,1-5H3/t7-/m0/s1. The summed E-state index contributed by atoms with van der Waals surface area (Å²) in [6.07, 6.45) is 0. The van der Waals surface area contributed by atoms with Crippen LogP contribution >= 0.6 is 0 Å². The van der Waals surface area contributed by atoms with Gasteiger partial charge in [0.15, 0.2) is 5.92 Å². The van der Waals surface area contributed by atoms with E-state index < -0.39 is 35.5 Å². The van der Waals surface area contributed by atoms with E-state index in [1.807, 2.05) is 0 Å². The third-order valence-electron chi connectivity index (χ3n) is 1.95. The quantitative estimate of drug-likeness (QED) is 0.417. The van der Waals surface area contributed by atoms with Gasteiger partial charge in [0.25, 0.3) is 0 Å². The van der Waals surface area contributed by atoms with Crippen LogP contribution in [0.5, 0.6) is 0 Å². The lowest BCUT2D eigenvalue weighted by Gasteiger charge is -2.24. The summed E-state index contributed by atoms with van der Waals surface area (Å²) in [4.78, 5) is 34.5. The van der Waals surface area contributed by atoms with Crippen molar-refractivity contribution < 1.29 is 28.6 Å². The van der Waals surface area contributed by atoms with E-state index in [0.717, 1.165) is 14.2 Å². The number of rotatable bonds is 4. The molecule has 0 unspecified atom stereocenters. The Morgan fingerprint density at radius 3 is 1.61 bits per heavy atom. The Morgan fingerprint density at radius 1 is 0.944 bits per heavy atom. The topological polar surface area (TPSA) is 105 Å². The second-order valence-corrected chi connectivity index (χ2v) is 4.58. The molecule has 0 saturated heterocycles. The minimum Gasteiger partial charge on any atom is -0.468 e. The van der Waals surface area contributed by atoms with Crippen LogP contribution in [0.4, 0.5) is 0 Å². The molecule has 0 aliphatic heterocycles. The third-order valence-corrected chi connectivity index (χ3v) is 1.95. The fourth-order valence-corrected chi connectivity index (χ4v) is 1.15. The van der Waals surface area contributed by atoms with Gasteiger partial charge in [-0.25, -0.2) is 0 Å². The minimum absolute atomic E-state index is 0.772. The summed E-state index contributed by atoms with van der Waals surface area (Å²) < 4.78 is 13.8. The monoisotopic (exact) mass is 261 g/mol. The maximum Gasteiger partial charge on any atom is 0.324 e. The van der Waals surface area contributed by atoms with Crippen LogP contribution in [0.1, 0.15) is 20.8 Å². The molecular formula is C11H19NO6. The number of carbonyl (C=O) groups is 3. The molecule has 0 aliphatic carbocycles. The van der Waals surface area contributed by atoms with Gasteiger partial charge in [0.2, 0.25) is 0 Å². The highest BCUT2D eigenvalue weighted by molar-refractivity contribution is 6.00. The van der Waals surface area contributed by atoms with Crippen molar-refractivity contribution in [1.82, 2.24) is 0 Å². The Labute approximate surface area is 106 Å². The molecule has 2 N–H and O–H groups in total. The molecule has 0 spiro atoms. The van der Waals surface area contributed by atoms with Crippen LogP contribution in [0, 0.1) is 5.92 Å². The Morgan fingerprint density at radius 2 is 1.33 bits per heavy atom. The van der Waals surface area contributed by atoms with Gasteiger partial charge in [-0.15, -0.1) is 0 Å². The van der Waals surface area contributed by atoms with Crippen molar-refractivity contribution in [2.24, 2.45) is 11.7 Å². The molecule has 0 aromatic carbocycles. The Bertz CT molecular complexity index is 317. The highest BCUT2D eigenvalue weighted by Gasteiger charge is 2.40. The van der Waals surface area contributed by atoms with E-state index in [1.165, 1.54) is 0 Å². The van der Waals surface area contributed by atoms with Crippen molar-refractivity contribution in [3.63, 3.8) is 0 Å². The lowest BCUT2D eigenvalue weighted by molar-refractivity contribution is -0.170. The molecule has 0 saturated carbocycles. The first-order chi connectivity index (χ1) is 8.14. The van der Waals surface area contributed by atoms with Gasteiger partial charge in [-0.3, -0.25) is 14.4 Å². The molecule has 104 valence electrons. The molecular weight excluding hydrogens is 242 g/mol. The van der Waals surface area contributed by atoms with Crippen LogP contribution < -0.4 is 5.73 Å². The lowest BCUT2D eigenvalue weighted by Crippen LogP contribution is -2.49. The predicted octanol–water partition coefficient (Wildman–Crippen LogP) is -0.382. The van der Waals surface area contributed by atoms with E-state index in [4.69, 9.17) is 10.5 Å². The fraction of sp³-hybridized carbons (Fsp3) is 0.727. The van der Waals surface area contributed by atoms with E-state index >= 15 is 0 Å². The van der Waals surface area contributed by atoms with Crippen LogP contribution in [0.25, 0.3) is 0 Å². The Kier molecular flexibility index (Phi) is 5.77. The van der Waals surface area contributed by atoms with Crippen LogP contribution in [0.15, 0.2) is 0 Å². The van der Waals surface area contributed by atoms with Crippen LogP contribution in [-0.4, -0.2) is 43.8 Å². The second kappa shape index (κ2) is 6.34. The zero-order chi connectivity index (χ0) is 14.5. The number of ether oxygens (including phenoxy) is 3. The first-order valence-electron chi connectivity index (χ1n) is 5.28. The molecule has 1 atom stereocenters. The van der Waals surface area contributed by atoms with E-state index in [1.54, 1.807) is 20.8 Å². The van der Waals surface area contributed by atoms with Gasteiger partial charge < -0.3 is 19.9 Å². The van der Waals surface area contributed by atoms with Crippen molar-refractivity contribution in [1.29, 1.82) is 0 Å². The fourth-order valence-electron chi connectivity index (χ4n) is 1.15. The number of hydrogen-bond acceptors (Lipinski definition) is 7. The normalized spacial score (nSPS) is 12.8. The zero-order valence-corrected chi connectivity index (χ0v) is 11.2. The van der Waals surface area contributed by atoms with Gasteiger partial charge in [0.1, 0.15) is 11.6 Å². The average molecular weight is 261 g/mol. The van der Waals surface area contributed by atoms with Crippen molar-refractivity contribution in [3.05, 3.63) is 0 Å². The number of methoxy groups -OCH3 is 2. The molecule has 0 fully saturated rings. The average Bonchev–Trinajstić information content (AvgIpc) is 2.26. The molecule has 7 nitrogen and oxygen atoms in total. The summed E-state index contributed by atoms with van der Waals surface area (Å²) in [6.45, 7) is 4.93. The number of esters is 3. The molecule has 0 rings (SSSR count). The first-order valence-corrected chi connectivity index (χ1v) is 5.28. The van der Waals surface area contributed by atoms with Crippen molar-refractivity contribution in [3.8, 4) is 0 Å². The summed E-state index contributed by atoms with van der Waals surface area (Å²) >= 11 is 0. The molecule has 0 aromatic heterocycles. The molecule has 0 aromatic rings. The third kappa shape index (κ3) is 4.70. The molecule has 18 heavy (non-hydrogen) atoms. The lowest BCUT2D eigenvalue weighted by atomic mass is 10.0. The Hall–Kier alpha value is -1.63. The van der Waals surface area contributed by atoms with Gasteiger partial charge in [-0.1, -0.05) is 0 Å². The molecule has 0 aliphatic rings. The smallest absolute Gasteiger partial charge is 0.324 e. The second-order valence-electron chi connectivity index (χ2n) is 4.58. The number of nitrogens with two attached hydrogens (primary N) is 1. The van der Waals surface area contributed by atoms with Gasteiger partial charge >= 0.3 is 17.9 Å². The van der Waals surface area contributed by atoms with E-state index in [0.29, 0.717) is 0 Å². The molecule has 0 heterocycles. The van der Waals surface area contributed by atoms with Crippen LogP contribution in [0.3, 0.4) is 0 Å². The summed E-state index contributed by atoms with van der Waals surface area (Å²) in [7, 11) is 2.17. The highest BCUT2D eigenvalue weighted by Crippen LogP contribution is 2.13. The molecule has 7 heteroatoms. The first kappa shape index (κ1) is 16.4. The Balaban J connectivity index is 4.97. The summed E-state index contributed by atoms with van der Waals surface area (Å²) in [5, 5.41) is 0. The van der Waals surface area contributed by atoms with Crippen molar-refractivity contribution in [2.75, 3.05) is 14.2 Å². The summed E-state index contributed by atoms with van der Waals surface area (Å²) in [6, 6.07) is -1.47. The molecule has 0 amide bonds. The van der Waals surface area contributed by atoms with E-state index in [2.05, 4.69) is 9.47 Å². The van der Waals surface area contributed by atoms with Crippen LogP contribution in [0.2, 0.25) is 0 Å². The van der Waals surface area contributed by atoms with Gasteiger partial charge in [0, 0.05) is 0 Å². The summed E-state index contributed by atoms with van der Waals surface area (Å²) in [5.41, 5.74) is 4.77. The molecule has 0 radical (unpaired) electrons. The van der Waals surface area contributed by atoms with Crippen LogP contribution in [-0.2, 0) is 28.6 Å². The van der Waals surface area contributed by atoms with Gasteiger partial charge in [-0.05, 0) is 20.8 Å². The zero-order valence-electron chi connectivity index (χ0n) is 11.2. The maximum atomic E-state index is 11.7. The van der Waals surface area contributed by atoms with Crippen molar-refractivity contribution >= 4 is 17.9 Å². The van der Waals surface area contributed by atoms with E-state index in [9.17, 15) is 14.4 Å². The van der Waals surface area contributed by atoms with Crippen molar-refractivity contribution in [2.45, 2.75) is 32.4 Å². The SMILES string of the molecule is COC(=O)C(C(=O)OC)[C@H](N)C(=O)OC(C)(C)C.